The minimum absolute atomic E-state index is 0.142. The van der Waals surface area contributed by atoms with Gasteiger partial charge in [0.25, 0.3) is 0 Å². The van der Waals surface area contributed by atoms with Crippen LogP contribution in [-0.4, -0.2) is 56.5 Å². The van der Waals surface area contributed by atoms with Crippen molar-refractivity contribution in [2.24, 2.45) is 5.41 Å². The van der Waals surface area contributed by atoms with Crippen LogP contribution in [0.25, 0.3) is 0 Å². The van der Waals surface area contributed by atoms with Crippen LogP contribution >= 0.6 is 0 Å². The van der Waals surface area contributed by atoms with Gasteiger partial charge in [0.15, 0.2) is 9.84 Å². The molecule has 2 atom stereocenters. The molecule has 0 radical (unpaired) electrons. The Labute approximate surface area is 118 Å². The number of rotatable bonds is 6. The molecule has 2 unspecified atom stereocenters. The van der Waals surface area contributed by atoms with E-state index in [1.54, 1.807) is 0 Å². The van der Waals surface area contributed by atoms with Crippen molar-refractivity contribution in [2.75, 3.05) is 31.1 Å². The van der Waals surface area contributed by atoms with Crippen LogP contribution in [0.15, 0.2) is 0 Å². The van der Waals surface area contributed by atoms with Crippen LogP contribution in [0.3, 0.4) is 0 Å². The van der Waals surface area contributed by atoms with Gasteiger partial charge in [0.1, 0.15) is 0 Å². The van der Waals surface area contributed by atoms with E-state index in [9.17, 15) is 8.42 Å². The first-order chi connectivity index (χ1) is 8.67. The summed E-state index contributed by atoms with van der Waals surface area (Å²) in [7, 11) is -2.81. The van der Waals surface area contributed by atoms with E-state index in [2.05, 4.69) is 37.9 Å². The first-order valence-electron chi connectivity index (χ1n) is 7.35. The molecule has 0 aromatic heterocycles. The molecule has 1 N–H and O–H groups in total. The molecule has 1 fully saturated rings. The third kappa shape index (κ3) is 5.40. The summed E-state index contributed by atoms with van der Waals surface area (Å²) in [6, 6.07) is 0.633. The van der Waals surface area contributed by atoms with Crippen LogP contribution in [0.1, 0.15) is 41.0 Å². The molecule has 1 aliphatic rings. The van der Waals surface area contributed by atoms with E-state index in [0.717, 1.165) is 19.5 Å². The van der Waals surface area contributed by atoms with E-state index in [-0.39, 0.29) is 11.5 Å². The van der Waals surface area contributed by atoms with Crippen LogP contribution in [0.5, 0.6) is 0 Å². The van der Waals surface area contributed by atoms with Crippen molar-refractivity contribution in [3.63, 3.8) is 0 Å². The Bertz CT molecular complexity index is 381. The lowest BCUT2D eigenvalue weighted by Gasteiger charge is -2.40. The summed E-state index contributed by atoms with van der Waals surface area (Å²) in [4.78, 5) is 2.34. The maximum atomic E-state index is 11.6. The third-order valence-electron chi connectivity index (χ3n) is 4.18. The molecule has 0 spiro atoms. The number of nitrogens with zero attached hydrogens (tertiary/aromatic N) is 1. The molecule has 0 aromatic rings. The fourth-order valence-corrected chi connectivity index (χ4v) is 4.13. The van der Waals surface area contributed by atoms with E-state index in [1.807, 2.05) is 6.92 Å². The SMILES string of the molecule is CCC(C)(CNC(C)C)CN1CCS(=O)(=O)CC1C. The number of nitrogens with one attached hydrogen (secondary N) is 1. The minimum atomic E-state index is -2.81. The highest BCUT2D eigenvalue weighted by Gasteiger charge is 2.33. The maximum absolute atomic E-state index is 11.6. The third-order valence-corrected chi connectivity index (χ3v) is 5.98. The Morgan fingerprint density at radius 2 is 2.05 bits per heavy atom. The van der Waals surface area contributed by atoms with Crippen LogP contribution in [0.2, 0.25) is 0 Å². The van der Waals surface area contributed by atoms with Crippen LogP contribution in [0, 0.1) is 5.41 Å². The van der Waals surface area contributed by atoms with E-state index >= 15 is 0 Å². The van der Waals surface area contributed by atoms with Gasteiger partial charge in [-0.2, -0.15) is 0 Å². The average Bonchev–Trinajstić information content (AvgIpc) is 2.30. The van der Waals surface area contributed by atoms with Gasteiger partial charge in [-0.05, 0) is 18.8 Å². The van der Waals surface area contributed by atoms with Gasteiger partial charge >= 0.3 is 0 Å². The average molecular weight is 290 g/mol. The normalized spacial score (nSPS) is 27.4. The van der Waals surface area contributed by atoms with Gasteiger partial charge in [0, 0.05) is 31.7 Å². The topological polar surface area (TPSA) is 49.4 Å². The first-order valence-corrected chi connectivity index (χ1v) is 9.17. The van der Waals surface area contributed by atoms with Gasteiger partial charge in [0.05, 0.1) is 11.5 Å². The van der Waals surface area contributed by atoms with Crippen LogP contribution in [0.4, 0.5) is 0 Å². The summed E-state index contributed by atoms with van der Waals surface area (Å²) in [5.74, 6) is 0.624. The van der Waals surface area contributed by atoms with E-state index in [1.165, 1.54) is 0 Å². The van der Waals surface area contributed by atoms with Crippen molar-refractivity contribution in [3.8, 4) is 0 Å². The Kier molecular flexibility index (Phi) is 5.83. The second kappa shape index (κ2) is 6.55. The highest BCUT2D eigenvalue weighted by Crippen LogP contribution is 2.24. The number of sulfone groups is 1. The summed E-state index contributed by atoms with van der Waals surface area (Å²) in [6.07, 6.45) is 1.10. The van der Waals surface area contributed by atoms with E-state index in [4.69, 9.17) is 0 Å². The monoisotopic (exact) mass is 290 g/mol. The summed E-state index contributed by atoms with van der Waals surface area (Å²) >= 11 is 0. The molecule has 19 heavy (non-hydrogen) atoms. The summed E-state index contributed by atoms with van der Waals surface area (Å²) in [5, 5.41) is 3.51. The Morgan fingerprint density at radius 1 is 1.42 bits per heavy atom. The molecule has 4 nitrogen and oxygen atoms in total. The molecule has 0 amide bonds. The molecular formula is C14H30N2O2S. The predicted molar refractivity (Wildman–Crippen MR) is 81.2 cm³/mol. The van der Waals surface area contributed by atoms with E-state index < -0.39 is 9.84 Å². The van der Waals surface area contributed by atoms with Gasteiger partial charge < -0.3 is 5.32 Å². The number of hydrogen-bond donors (Lipinski definition) is 1. The molecule has 114 valence electrons. The van der Waals surface area contributed by atoms with Crippen molar-refractivity contribution < 1.29 is 8.42 Å². The lowest BCUT2D eigenvalue weighted by Crippen LogP contribution is -2.52. The molecule has 5 heteroatoms. The van der Waals surface area contributed by atoms with Gasteiger partial charge in [-0.1, -0.05) is 27.7 Å². The maximum Gasteiger partial charge on any atom is 0.153 e. The molecule has 0 saturated carbocycles. The summed E-state index contributed by atoms with van der Waals surface area (Å²) in [5.41, 5.74) is 0.208. The Balaban J connectivity index is 2.60. The second-order valence-electron chi connectivity index (χ2n) is 6.63. The molecule has 0 bridgehead atoms. The van der Waals surface area contributed by atoms with Gasteiger partial charge in [-0.3, -0.25) is 4.90 Å². The van der Waals surface area contributed by atoms with Crippen LogP contribution < -0.4 is 5.32 Å². The highest BCUT2D eigenvalue weighted by molar-refractivity contribution is 7.91. The molecular weight excluding hydrogens is 260 g/mol. The first kappa shape index (κ1) is 16.9. The molecule has 1 heterocycles. The molecule has 0 aliphatic carbocycles. The Hall–Kier alpha value is -0.130. The molecule has 1 saturated heterocycles. The van der Waals surface area contributed by atoms with Gasteiger partial charge in [-0.15, -0.1) is 0 Å². The molecule has 0 aromatic carbocycles. The fourth-order valence-electron chi connectivity index (χ4n) is 2.50. The standard InChI is InChI=1S/C14H30N2O2S/c1-6-14(5,10-15-12(2)3)11-16-7-8-19(17,18)9-13(16)4/h12-13,15H,6-11H2,1-5H3. The van der Waals surface area contributed by atoms with Gasteiger partial charge in [0.2, 0.25) is 0 Å². The molecule has 1 rings (SSSR count). The zero-order valence-corrected chi connectivity index (χ0v) is 13.9. The van der Waals surface area contributed by atoms with Crippen molar-refractivity contribution in [3.05, 3.63) is 0 Å². The number of hydrogen-bond acceptors (Lipinski definition) is 4. The zero-order valence-electron chi connectivity index (χ0n) is 13.1. The fraction of sp³-hybridized carbons (Fsp3) is 1.00. The van der Waals surface area contributed by atoms with Crippen molar-refractivity contribution in [2.45, 2.75) is 53.1 Å². The summed E-state index contributed by atoms with van der Waals surface area (Å²) in [6.45, 7) is 13.5. The Morgan fingerprint density at radius 3 is 2.53 bits per heavy atom. The van der Waals surface area contributed by atoms with Crippen LogP contribution in [-0.2, 0) is 9.84 Å². The minimum Gasteiger partial charge on any atom is -0.314 e. The smallest absolute Gasteiger partial charge is 0.153 e. The quantitative estimate of drug-likeness (QED) is 0.806. The largest absolute Gasteiger partial charge is 0.314 e. The molecule has 1 aliphatic heterocycles. The predicted octanol–water partition coefficient (Wildman–Crippen LogP) is 1.52. The van der Waals surface area contributed by atoms with E-state index in [0.29, 0.717) is 24.1 Å². The lowest BCUT2D eigenvalue weighted by atomic mass is 9.86. The zero-order chi connectivity index (χ0) is 14.7. The van der Waals surface area contributed by atoms with Crippen molar-refractivity contribution in [1.29, 1.82) is 0 Å². The van der Waals surface area contributed by atoms with Gasteiger partial charge in [-0.25, -0.2) is 8.42 Å². The van der Waals surface area contributed by atoms with Crippen molar-refractivity contribution in [1.82, 2.24) is 10.2 Å². The highest BCUT2D eigenvalue weighted by atomic mass is 32.2. The lowest BCUT2D eigenvalue weighted by molar-refractivity contribution is 0.128. The van der Waals surface area contributed by atoms with Crippen molar-refractivity contribution >= 4 is 9.84 Å². The summed E-state index contributed by atoms with van der Waals surface area (Å²) < 4.78 is 23.2. The second-order valence-corrected chi connectivity index (χ2v) is 8.86.